The van der Waals surface area contributed by atoms with Crippen LogP contribution in [0.3, 0.4) is 0 Å². The minimum absolute atomic E-state index is 0.0669. The van der Waals surface area contributed by atoms with E-state index in [-0.39, 0.29) is 5.78 Å². The zero-order chi connectivity index (χ0) is 20.0. The quantitative estimate of drug-likeness (QED) is 0.408. The fourth-order valence-corrected chi connectivity index (χ4v) is 4.57. The van der Waals surface area contributed by atoms with Crippen LogP contribution >= 0.6 is 11.3 Å². The van der Waals surface area contributed by atoms with Gasteiger partial charge in [0.05, 0.1) is 29.8 Å². The third kappa shape index (κ3) is 2.79. The largest absolute Gasteiger partial charge is 0.497 e. The SMILES string of the molecule is CCCc1nn(-c2nc(-c3ccc(OC)cc3)cs2)c2c1C(=O)c1ccccc1-2. The van der Waals surface area contributed by atoms with Crippen molar-refractivity contribution < 1.29 is 9.53 Å². The van der Waals surface area contributed by atoms with Crippen LogP contribution in [0, 0.1) is 0 Å². The lowest BCUT2D eigenvalue weighted by molar-refractivity contribution is 0.104. The number of rotatable bonds is 5. The molecule has 1 aliphatic rings. The summed E-state index contributed by atoms with van der Waals surface area (Å²) in [5.74, 6) is 0.880. The van der Waals surface area contributed by atoms with Gasteiger partial charge in [-0.15, -0.1) is 11.3 Å². The molecule has 2 aromatic heterocycles. The number of ether oxygens (including phenoxy) is 1. The summed E-state index contributed by atoms with van der Waals surface area (Å²) in [6, 6.07) is 15.6. The van der Waals surface area contributed by atoms with Crippen molar-refractivity contribution >= 4 is 17.1 Å². The molecule has 5 rings (SSSR count). The molecule has 1 aliphatic carbocycles. The standard InChI is InChI=1S/C23H19N3O2S/c1-3-6-18-20-21(16-7-4-5-8-17(16)22(20)27)26(25-18)23-24-19(13-29-23)14-9-11-15(28-2)12-10-14/h4-5,7-13H,3,6H2,1-2H3. The molecule has 0 N–H and O–H groups in total. The molecule has 0 radical (unpaired) electrons. The van der Waals surface area contributed by atoms with E-state index in [1.807, 2.05) is 58.6 Å². The van der Waals surface area contributed by atoms with Crippen LogP contribution in [0.1, 0.15) is 35.0 Å². The summed E-state index contributed by atoms with van der Waals surface area (Å²) in [6.07, 6.45) is 1.70. The second-order valence-electron chi connectivity index (χ2n) is 6.95. The number of aromatic nitrogens is 3. The van der Waals surface area contributed by atoms with Gasteiger partial charge in [-0.2, -0.15) is 5.10 Å². The topological polar surface area (TPSA) is 57.0 Å². The zero-order valence-corrected chi connectivity index (χ0v) is 17.0. The third-order valence-electron chi connectivity index (χ3n) is 5.16. The monoisotopic (exact) mass is 401 g/mol. The van der Waals surface area contributed by atoms with E-state index < -0.39 is 0 Å². The van der Waals surface area contributed by atoms with Crippen LogP contribution in [0.4, 0.5) is 0 Å². The highest BCUT2D eigenvalue weighted by molar-refractivity contribution is 7.12. The molecule has 2 aromatic carbocycles. The van der Waals surface area contributed by atoms with E-state index in [4.69, 9.17) is 14.8 Å². The van der Waals surface area contributed by atoms with Crippen LogP contribution in [0.25, 0.3) is 27.6 Å². The minimum Gasteiger partial charge on any atom is -0.497 e. The molecular weight excluding hydrogens is 382 g/mol. The van der Waals surface area contributed by atoms with Crippen molar-refractivity contribution in [3.63, 3.8) is 0 Å². The highest BCUT2D eigenvalue weighted by Crippen LogP contribution is 2.40. The van der Waals surface area contributed by atoms with Gasteiger partial charge in [0.25, 0.3) is 0 Å². The molecule has 4 aromatic rings. The first-order valence-electron chi connectivity index (χ1n) is 9.57. The average molecular weight is 401 g/mol. The number of hydrogen-bond acceptors (Lipinski definition) is 5. The maximum Gasteiger partial charge on any atom is 0.211 e. The summed E-state index contributed by atoms with van der Waals surface area (Å²) in [7, 11) is 1.65. The molecule has 0 saturated heterocycles. The molecule has 0 fully saturated rings. The predicted molar refractivity (Wildman–Crippen MR) is 114 cm³/mol. The summed E-state index contributed by atoms with van der Waals surface area (Å²) in [5, 5.41) is 7.58. The van der Waals surface area contributed by atoms with Crippen LogP contribution in [0.15, 0.2) is 53.9 Å². The number of ketones is 1. The Hall–Kier alpha value is -3.25. The average Bonchev–Trinajstić information content (AvgIpc) is 3.45. The van der Waals surface area contributed by atoms with Crippen LogP contribution in [0.5, 0.6) is 5.75 Å². The Morgan fingerprint density at radius 1 is 1.07 bits per heavy atom. The van der Waals surface area contributed by atoms with Crippen molar-refractivity contribution in [3.8, 4) is 33.4 Å². The molecule has 5 nitrogen and oxygen atoms in total. The molecule has 6 heteroatoms. The number of nitrogens with zero attached hydrogens (tertiary/aromatic N) is 3. The van der Waals surface area contributed by atoms with E-state index in [9.17, 15) is 4.79 Å². The molecular formula is C23H19N3O2S. The van der Waals surface area contributed by atoms with Crippen molar-refractivity contribution in [1.82, 2.24) is 14.8 Å². The molecule has 0 aliphatic heterocycles. The number of benzene rings is 2. The van der Waals surface area contributed by atoms with Crippen LogP contribution < -0.4 is 4.74 Å². The smallest absolute Gasteiger partial charge is 0.211 e. The van der Waals surface area contributed by atoms with Crippen molar-refractivity contribution in [3.05, 3.63) is 70.7 Å². The summed E-state index contributed by atoms with van der Waals surface area (Å²) >= 11 is 1.53. The highest BCUT2D eigenvalue weighted by Gasteiger charge is 2.34. The number of hydrogen-bond donors (Lipinski definition) is 0. The van der Waals surface area contributed by atoms with Crippen molar-refractivity contribution in [2.45, 2.75) is 19.8 Å². The second kappa shape index (κ2) is 6.97. The van der Waals surface area contributed by atoms with E-state index in [1.54, 1.807) is 7.11 Å². The summed E-state index contributed by atoms with van der Waals surface area (Å²) in [6.45, 7) is 2.10. The minimum atomic E-state index is 0.0669. The number of thiazole rings is 1. The maximum atomic E-state index is 13.0. The Bertz CT molecular complexity index is 1220. The predicted octanol–water partition coefficient (Wildman–Crippen LogP) is 5.17. The molecule has 0 unspecified atom stereocenters. The number of carbonyl (C=O) groups excluding carboxylic acids is 1. The van der Waals surface area contributed by atoms with E-state index in [2.05, 4.69) is 6.92 Å². The van der Waals surface area contributed by atoms with Crippen LogP contribution in [0.2, 0.25) is 0 Å². The summed E-state index contributed by atoms with van der Waals surface area (Å²) in [5.41, 5.74) is 6.03. The fourth-order valence-electron chi connectivity index (χ4n) is 3.78. The van der Waals surface area contributed by atoms with Gasteiger partial charge in [0.2, 0.25) is 5.13 Å². The lowest BCUT2D eigenvalue weighted by Crippen LogP contribution is -2.02. The number of carbonyl (C=O) groups is 1. The Morgan fingerprint density at radius 3 is 2.55 bits per heavy atom. The molecule has 0 spiro atoms. The fraction of sp³-hybridized carbons (Fsp3) is 0.174. The van der Waals surface area contributed by atoms with E-state index in [0.717, 1.165) is 63.1 Å². The van der Waals surface area contributed by atoms with E-state index in [0.29, 0.717) is 0 Å². The third-order valence-corrected chi connectivity index (χ3v) is 5.97. The van der Waals surface area contributed by atoms with Gasteiger partial charge in [-0.05, 0) is 30.7 Å². The summed E-state index contributed by atoms with van der Waals surface area (Å²) in [4.78, 5) is 17.9. The number of aryl methyl sites for hydroxylation is 1. The van der Waals surface area contributed by atoms with Gasteiger partial charge in [0, 0.05) is 22.1 Å². The first-order chi connectivity index (χ1) is 14.2. The van der Waals surface area contributed by atoms with Gasteiger partial charge >= 0.3 is 0 Å². The van der Waals surface area contributed by atoms with Gasteiger partial charge in [0.15, 0.2) is 5.78 Å². The van der Waals surface area contributed by atoms with Gasteiger partial charge in [-0.25, -0.2) is 9.67 Å². The number of fused-ring (bicyclic) bond motifs is 3. The summed E-state index contributed by atoms with van der Waals surface area (Å²) < 4.78 is 7.08. The van der Waals surface area contributed by atoms with Gasteiger partial charge in [-0.1, -0.05) is 37.6 Å². The van der Waals surface area contributed by atoms with Gasteiger partial charge in [0.1, 0.15) is 5.75 Å². The normalized spacial score (nSPS) is 12.1. The van der Waals surface area contributed by atoms with Crippen molar-refractivity contribution in [2.24, 2.45) is 0 Å². The van der Waals surface area contributed by atoms with Gasteiger partial charge < -0.3 is 4.74 Å². The molecule has 144 valence electrons. The molecule has 2 heterocycles. The maximum absolute atomic E-state index is 13.0. The Morgan fingerprint density at radius 2 is 1.83 bits per heavy atom. The van der Waals surface area contributed by atoms with Crippen molar-refractivity contribution in [2.75, 3.05) is 7.11 Å². The molecule has 0 saturated carbocycles. The lowest BCUT2D eigenvalue weighted by atomic mass is 10.1. The molecule has 29 heavy (non-hydrogen) atoms. The Kier molecular flexibility index (Phi) is 4.28. The Labute approximate surface area is 172 Å². The first-order valence-corrected chi connectivity index (χ1v) is 10.5. The number of methoxy groups -OCH3 is 1. The first kappa shape index (κ1) is 17.8. The van der Waals surface area contributed by atoms with Gasteiger partial charge in [-0.3, -0.25) is 4.79 Å². The second-order valence-corrected chi connectivity index (χ2v) is 7.79. The lowest BCUT2D eigenvalue weighted by Gasteiger charge is -2.04. The van der Waals surface area contributed by atoms with Crippen molar-refractivity contribution in [1.29, 1.82) is 0 Å². The zero-order valence-electron chi connectivity index (χ0n) is 16.2. The molecule has 0 bridgehead atoms. The molecule has 0 amide bonds. The van der Waals surface area contributed by atoms with Crippen LogP contribution in [-0.2, 0) is 6.42 Å². The van der Waals surface area contributed by atoms with E-state index in [1.165, 1.54) is 11.3 Å². The highest BCUT2D eigenvalue weighted by atomic mass is 32.1. The van der Waals surface area contributed by atoms with E-state index >= 15 is 0 Å². The molecule has 0 atom stereocenters. The van der Waals surface area contributed by atoms with Crippen LogP contribution in [-0.4, -0.2) is 27.7 Å². The Balaban J connectivity index is 1.63.